The molecule has 0 unspecified atom stereocenters. The van der Waals surface area contributed by atoms with Crippen molar-refractivity contribution in [1.82, 2.24) is 9.38 Å². The first-order chi connectivity index (χ1) is 15.1. The minimum absolute atomic E-state index is 0.0893. The normalized spacial score (nSPS) is 12.0. The molecule has 5 rings (SSSR count). The van der Waals surface area contributed by atoms with Crippen LogP contribution < -0.4 is 19.6 Å². The molecular weight excluding hydrogens is 415 g/mol. The summed E-state index contributed by atoms with van der Waals surface area (Å²) in [7, 11) is 1.54. The Morgan fingerprint density at radius 2 is 1.87 bits per heavy atom. The van der Waals surface area contributed by atoms with Crippen LogP contribution >= 0.6 is 11.3 Å². The van der Waals surface area contributed by atoms with E-state index in [-0.39, 0.29) is 18.0 Å². The number of hydrogen-bond acceptors (Lipinski definition) is 5. The number of aromatic nitrogens is 2. The summed E-state index contributed by atoms with van der Waals surface area (Å²) in [5, 5.41) is 0. The van der Waals surface area contributed by atoms with Gasteiger partial charge in [-0.05, 0) is 42.0 Å². The Morgan fingerprint density at radius 1 is 1.06 bits per heavy atom. The van der Waals surface area contributed by atoms with Crippen molar-refractivity contribution < 1.29 is 13.9 Å². The number of imidazole rings is 1. The van der Waals surface area contributed by atoms with Gasteiger partial charge >= 0.3 is 0 Å². The zero-order valence-electron chi connectivity index (χ0n) is 16.5. The van der Waals surface area contributed by atoms with Gasteiger partial charge in [0.15, 0.2) is 16.5 Å². The second-order valence-corrected chi connectivity index (χ2v) is 7.93. The first-order valence-electron chi connectivity index (χ1n) is 9.60. The number of thiazole rings is 1. The molecule has 0 aliphatic rings. The maximum atomic E-state index is 13.8. The molecule has 0 atom stereocenters. The monoisotopic (exact) mass is 432 g/mol. The van der Waals surface area contributed by atoms with Crippen LogP contribution in [0, 0.1) is 5.82 Å². The van der Waals surface area contributed by atoms with Gasteiger partial charge in [0.25, 0.3) is 5.56 Å². The lowest BCUT2D eigenvalue weighted by atomic mass is 10.2. The molecule has 31 heavy (non-hydrogen) atoms. The van der Waals surface area contributed by atoms with E-state index in [0.717, 1.165) is 16.6 Å². The maximum absolute atomic E-state index is 13.8. The molecule has 2 heterocycles. The van der Waals surface area contributed by atoms with E-state index in [9.17, 15) is 9.18 Å². The minimum atomic E-state index is -0.315. The van der Waals surface area contributed by atoms with Crippen LogP contribution in [0.1, 0.15) is 11.1 Å². The standard InChI is InChI=1S/C24H17FN2O3S/c1-29-21-12-15(10-11-20(21)30-14-16-6-2-3-7-17(16)25)13-22-23(28)27-19-9-5-4-8-18(19)26-24(27)31-22/h2-13H,14H2,1H3/b22-13+. The van der Waals surface area contributed by atoms with Gasteiger partial charge in [0.05, 0.1) is 22.7 Å². The van der Waals surface area contributed by atoms with Gasteiger partial charge in [0, 0.05) is 5.56 Å². The Hall–Kier alpha value is -3.71. The molecule has 2 aromatic heterocycles. The highest BCUT2D eigenvalue weighted by Gasteiger charge is 2.11. The minimum Gasteiger partial charge on any atom is -0.493 e. The van der Waals surface area contributed by atoms with Gasteiger partial charge in [0.2, 0.25) is 0 Å². The molecule has 0 aliphatic heterocycles. The van der Waals surface area contributed by atoms with Gasteiger partial charge in [0.1, 0.15) is 12.4 Å². The fourth-order valence-electron chi connectivity index (χ4n) is 3.43. The molecule has 7 heteroatoms. The summed E-state index contributed by atoms with van der Waals surface area (Å²) in [6, 6.07) is 19.4. The summed E-state index contributed by atoms with van der Waals surface area (Å²) in [6.45, 7) is 0.0893. The first-order valence-corrected chi connectivity index (χ1v) is 10.4. The highest BCUT2D eigenvalue weighted by atomic mass is 32.1. The summed E-state index contributed by atoms with van der Waals surface area (Å²) >= 11 is 1.34. The molecule has 0 amide bonds. The summed E-state index contributed by atoms with van der Waals surface area (Å²) in [5.74, 6) is 0.686. The van der Waals surface area contributed by atoms with Crippen LogP contribution in [0.2, 0.25) is 0 Å². The van der Waals surface area contributed by atoms with Gasteiger partial charge in [-0.2, -0.15) is 0 Å². The highest BCUT2D eigenvalue weighted by Crippen LogP contribution is 2.29. The van der Waals surface area contributed by atoms with Crippen molar-refractivity contribution in [1.29, 1.82) is 0 Å². The van der Waals surface area contributed by atoms with Crippen LogP contribution in [0.15, 0.2) is 71.5 Å². The van der Waals surface area contributed by atoms with E-state index in [2.05, 4.69) is 4.98 Å². The van der Waals surface area contributed by atoms with Gasteiger partial charge in [-0.25, -0.2) is 13.8 Å². The third-order valence-corrected chi connectivity index (χ3v) is 5.94. The third-order valence-electron chi connectivity index (χ3n) is 4.97. The second kappa shape index (κ2) is 7.85. The predicted molar refractivity (Wildman–Crippen MR) is 119 cm³/mol. The zero-order chi connectivity index (χ0) is 21.4. The molecule has 0 spiro atoms. The number of fused-ring (bicyclic) bond motifs is 3. The van der Waals surface area contributed by atoms with Crippen molar-refractivity contribution in [3.8, 4) is 11.5 Å². The number of ether oxygens (including phenoxy) is 2. The Kier molecular flexibility index (Phi) is 4.88. The van der Waals surface area contributed by atoms with Crippen molar-refractivity contribution in [2.24, 2.45) is 0 Å². The summed E-state index contributed by atoms with van der Waals surface area (Å²) in [6.07, 6.45) is 1.81. The van der Waals surface area contributed by atoms with E-state index >= 15 is 0 Å². The van der Waals surface area contributed by atoms with Crippen LogP contribution in [0.25, 0.3) is 22.1 Å². The molecule has 0 fully saturated rings. The lowest BCUT2D eigenvalue weighted by Gasteiger charge is -2.11. The van der Waals surface area contributed by atoms with Crippen LogP contribution in [-0.2, 0) is 6.61 Å². The van der Waals surface area contributed by atoms with Crippen molar-refractivity contribution in [2.75, 3.05) is 7.11 Å². The highest BCUT2D eigenvalue weighted by molar-refractivity contribution is 7.15. The van der Waals surface area contributed by atoms with Crippen molar-refractivity contribution >= 4 is 33.4 Å². The second-order valence-electron chi connectivity index (χ2n) is 6.92. The number of rotatable bonds is 5. The lowest BCUT2D eigenvalue weighted by molar-refractivity contribution is 0.279. The topological polar surface area (TPSA) is 52.8 Å². The molecular formula is C24H17FN2O3S. The molecule has 0 saturated carbocycles. The predicted octanol–water partition coefficient (Wildman–Crippen LogP) is 4.18. The third kappa shape index (κ3) is 3.53. The molecule has 5 aromatic rings. The smallest absolute Gasteiger partial charge is 0.274 e. The number of para-hydroxylation sites is 2. The Morgan fingerprint density at radius 3 is 2.71 bits per heavy atom. The SMILES string of the molecule is COc1cc(/C=c2/sc3nc4ccccc4n3c2=O)ccc1OCc1ccccc1F. The fourth-order valence-corrected chi connectivity index (χ4v) is 4.41. The maximum Gasteiger partial charge on any atom is 0.274 e. The molecule has 3 aromatic carbocycles. The van der Waals surface area contributed by atoms with Crippen molar-refractivity contribution in [2.45, 2.75) is 6.61 Å². The Bertz CT molecular complexity index is 1520. The number of methoxy groups -OCH3 is 1. The summed E-state index contributed by atoms with van der Waals surface area (Å²) in [4.78, 5) is 18.1. The van der Waals surface area contributed by atoms with Crippen LogP contribution in [0.4, 0.5) is 4.39 Å². The summed E-state index contributed by atoms with van der Waals surface area (Å²) < 4.78 is 27.2. The fraction of sp³-hybridized carbons (Fsp3) is 0.0833. The number of benzene rings is 3. The van der Waals surface area contributed by atoms with E-state index in [4.69, 9.17) is 9.47 Å². The molecule has 0 bridgehead atoms. The van der Waals surface area contributed by atoms with E-state index in [1.165, 1.54) is 17.4 Å². The van der Waals surface area contributed by atoms with Gasteiger partial charge in [-0.3, -0.25) is 4.79 Å². The largest absolute Gasteiger partial charge is 0.493 e. The number of halogens is 1. The zero-order valence-corrected chi connectivity index (χ0v) is 17.4. The van der Waals surface area contributed by atoms with E-state index in [1.54, 1.807) is 47.9 Å². The summed E-state index contributed by atoms with van der Waals surface area (Å²) in [5.41, 5.74) is 2.75. The molecule has 0 N–H and O–H groups in total. The average Bonchev–Trinajstić information content (AvgIpc) is 3.29. The molecule has 5 nitrogen and oxygen atoms in total. The van der Waals surface area contributed by atoms with Gasteiger partial charge in [-0.15, -0.1) is 0 Å². The van der Waals surface area contributed by atoms with Crippen LogP contribution in [0.5, 0.6) is 11.5 Å². The number of hydrogen-bond donors (Lipinski definition) is 0. The molecule has 0 aliphatic carbocycles. The lowest BCUT2D eigenvalue weighted by Crippen LogP contribution is -2.22. The van der Waals surface area contributed by atoms with Crippen molar-refractivity contribution in [3.05, 3.63) is 98.6 Å². The Labute approximate surface area is 180 Å². The van der Waals surface area contributed by atoms with Crippen LogP contribution in [-0.4, -0.2) is 16.5 Å². The van der Waals surface area contributed by atoms with E-state index in [0.29, 0.717) is 26.6 Å². The van der Waals surface area contributed by atoms with E-state index < -0.39 is 0 Å². The van der Waals surface area contributed by atoms with Gasteiger partial charge in [-0.1, -0.05) is 47.7 Å². The average molecular weight is 432 g/mol. The Balaban J connectivity index is 1.48. The van der Waals surface area contributed by atoms with E-state index in [1.807, 2.05) is 30.3 Å². The van der Waals surface area contributed by atoms with Gasteiger partial charge < -0.3 is 9.47 Å². The molecule has 0 radical (unpaired) electrons. The quantitative estimate of drug-likeness (QED) is 0.418. The molecule has 0 saturated heterocycles. The van der Waals surface area contributed by atoms with Crippen molar-refractivity contribution in [3.63, 3.8) is 0 Å². The number of nitrogens with zero attached hydrogens (tertiary/aromatic N) is 2. The van der Waals surface area contributed by atoms with Crippen LogP contribution in [0.3, 0.4) is 0 Å². The molecule has 154 valence electrons. The first kappa shape index (κ1) is 19.3.